The number of thiazole rings is 1. The third-order valence-corrected chi connectivity index (χ3v) is 5.47. The number of nitrogens with zero attached hydrogens (tertiary/aromatic N) is 4. The van der Waals surface area contributed by atoms with Crippen LogP contribution in [-0.2, 0) is 19.3 Å². The van der Waals surface area contributed by atoms with E-state index in [9.17, 15) is 13.2 Å². The number of hydrogen-bond donors (Lipinski definition) is 2. The lowest BCUT2D eigenvalue weighted by molar-refractivity contribution is -0.141. The summed E-state index contributed by atoms with van der Waals surface area (Å²) in [7, 11) is 0. The van der Waals surface area contributed by atoms with E-state index in [-0.39, 0.29) is 5.95 Å². The first-order valence-electron chi connectivity index (χ1n) is 9.71. The van der Waals surface area contributed by atoms with Crippen LogP contribution in [0.25, 0.3) is 10.4 Å². The van der Waals surface area contributed by atoms with E-state index in [1.807, 2.05) is 43.3 Å². The summed E-state index contributed by atoms with van der Waals surface area (Å²) in [5.74, 6) is -0.111. The fraction of sp³-hybridized carbons (Fsp3) is 0.182. The molecule has 32 heavy (non-hydrogen) atoms. The number of aromatic nitrogens is 4. The smallest absolute Gasteiger partial charge is 0.324 e. The second-order valence-corrected chi connectivity index (χ2v) is 8.13. The summed E-state index contributed by atoms with van der Waals surface area (Å²) in [4.78, 5) is 17.2. The SMILES string of the molecule is Cc1cc(Nc2nccc(C(F)(F)F)n2)cc(-c2cnc(CNCc3ccccn3)s2)c1. The molecule has 0 bridgehead atoms. The molecule has 164 valence electrons. The Bertz CT molecular complexity index is 1190. The van der Waals surface area contributed by atoms with Crippen molar-refractivity contribution in [3.8, 4) is 10.4 Å². The van der Waals surface area contributed by atoms with Crippen molar-refractivity contribution in [1.29, 1.82) is 0 Å². The van der Waals surface area contributed by atoms with Crippen LogP contribution in [0.5, 0.6) is 0 Å². The van der Waals surface area contributed by atoms with Crippen LogP contribution in [0.4, 0.5) is 24.8 Å². The van der Waals surface area contributed by atoms with Gasteiger partial charge in [0.15, 0.2) is 0 Å². The summed E-state index contributed by atoms with van der Waals surface area (Å²) in [6, 6.07) is 12.3. The molecule has 1 aromatic carbocycles. The van der Waals surface area contributed by atoms with Gasteiger partial charge in [-0.1, -0.05) is 12.1 Å². The van der Waals surface area contributed by atoms with Crippen molar-refractivity contribution in [2.45, 2.75) is 26.2 Å². The van der Waals surface area contributed by atoms with Crippen LogP contribution in [0.2, 0.25) is 0 Å². The lowest BCUT2D eigenvalue weighted by atomic mass is 10.1. The highest BCUT2D eigenvalue weighted by Gasteiger charge is 2.32. The highest BCUT2D eigenvalue weighted by Crippen LogP contribution is 2.31. The van der Waals surface area contributed by atoms with Crippen molar-refractivity contribution in [1.82, 2.24) is 25.3 Å². The van der Waals surface area contributed by atoms with E-state index >= 15 is 0 Å². The van der Waals surface area contributed by atoms with E-state index in [1.54, 1.807) is 23.7 Å². The van der Waals surface area contributed by atoms with E-state index in [4.69, 9.17) is 0 Å². The van der Waals surface area contributed by atoms with Crippen molar-refractivity contribution in [3.05, 3.63) is 83.0 Å². The Morgan fingerprint density at radius 1 is 0.969 bits per heavy atom. The first-order valence-corrected chi connectivity index (χ1v) is 10.5. The van der Waals surface area contributed by atoms with Crippen LogP contribution in [-0.4, -0.2) is 19.9 Å². The lowest BCUT2D eigenvalue weighted by Gasteiger charge is -2.10. The van der Waals surface area contributed by atoms with Crippen LogP contribution in [0.1, 0.15) is 22.0 Å². The maximum absolute atomic E-state index is 12.9. The second-order valence-electron chi connectivity index (χ2n) is 7.02. The molecule has 0 spiro atoms. The third-order valence-electron chi connectivity index (χ3n) is 4.43. The average molecular weight is 456 g/mol. The van der Waals surface area contributed by atoms with Crippen molar-refractivity contribution >= 4 is 23.0 Å². The first-order chi connectivity index (χ1) is 15.4. The quantitative estimate of drug-likeness (QED) is 0.390. The molecule has 0 aliphatic heterocycles. The molecule has 3 aromatic heterocycles. The summed E-state index contributed by atoms with van der Waals surface area (Å²) in [6.45, 7) is 3.17. The molecule has 6 nitrogen and oxygen atoms in total. The number of nitrogens with one attached hydrogen (secondary N) is 2. The third kappa shape index (κ3) is 5.65. The van der Waals surface area contributed by atoms with Gasteiger partial charge in [0.2, 0.25) is 5.95 Å². The molecule has 0 fully saturated rings. The first kappa shape index (κ1) is 21.8. The fourth-order valence-corrected chi connectivity index (χ4v) is 3.90. The molecule has 0 saturated carbocycles. The minimum absolute atomic E-state index is 0.111. The monoisotopic (exact) mass is 456 g/mol. The van der Waals surface area contributed by atoms with Crippen LogP contribution in [0.3, 0.4) is 0 Å². The van der Waals surface area contributed by atoms with Crippen LogP contribution < -0.4 is 10.6 Å². The Balaban J connectivity index is 1.46. The van der Waals surface area contributed by atoms with Crippen LogP contribution in [0, 0.1) is 6.92 Å². The standard InChI is InChI=1S/C22H19F3N6S/c1-14-8-15(10-17(9-14)30-21-28-7-5-19(31-21)22(23,24)25)18-12-29-20(32-18)13-26-11-16-4-2-3-6-27-16/h2-10,12,26H,11,13H2,1H3,(H,28,30,31). The fourth-order valence-electron chi connectivity index (χ4n) is 3.03. The highest BCUT2D eigenvalue weighted by molar-refractivity contribution is 7.15. The Morgan fingerprint density at radius 2 is 1.84 bits per heavy atom. The molecule has 2 N–H and O–H groups in total. The van der Waals surface area contributed by atoms with Gasteiger partial charge in [0.25, 0.3) is 0 Å². The number of anilines is 2. The molecule has 0 unspecified atom stereocenters. The molecule has 0 saturated heterocycles. The van der Waals surface area contributed by atoms with E-state index in [1.165, 1.54) is 0 Å². The van der Waals surface area contributed by atoms with Crippen molar-refractivity contribution < 1.29 is 13.2 Å². The number of alkyl halides is 3. The molecule has 0 radical (unpaired) electrons. The Labute approximate surface area is 186 Å². The maximum atomic E-state index is 12.9. The van der Waals surface area contributed by atoms with Gasteiger partial charge in [-0.15, -0.1) is 11.3 Å². The van der Waals surface area contributed by atoms with Crippen molar-refractivity contribution in [3.63, 3.8) is 0 Å². The second kappa shape index (κ2) is 9.41. The van der Waals surface area contributed by atoms with Gasteiger partial charge in [-0.3, -0.25) is 4.98 Å². The molecule has 4 rings (SSSR count). The minimum Gasteiger partial charge on any atom is -0.324 e. The summed E-state index contributed by atoms with van der Waals surface area (Å²) in [5, 5.41) is 7.11. The Morgan fingerprint density at radius 3 is 2.62 bits per heavy atom. The van der Waals surface area contributed by atoms with Gasteiger partial charge in [-0.05, 0) is 48.4 Å². The van der Waals surface area contributed by atoms with E-state index < -0.39 is 11.9 Å². The number of aryl methyl sites for hydroxylation is 1. The number of benzene rings is 1. The zero-order valence-electron chi connectivity index (χ0n) is 17.0. The average Bonchev–Trinajstić information content (AvgIpc) is 3.23. The lowest BCUT2D eigenvalue weighted by Crippen LogP contribution is -2.13. The minimum atomic E-state index is -4.53. The van der Waals surface area contributed by atoms with Gasteiger partial charge in [-0.25, -0.2) is 15.0 Å². The number of pyridine rings is 1. The van der Waals surface area contributed by atoms with Crippen LogP contribution >= 0.6 is 11.3 Å². The van der Waals surface area contributed by atoms with E-state index in [0.717, 1.165) is 39.0 Å². The summed E-state index contributed by atoms with van der Waals surface area (Å²) in [6.07, 6.45) is 0.108. The predicted molar refractivity (Wildman–Crippen MR) is 117 cm³/mol. The number of halogens is 3. The van der Waals surface area contributed by atoms with Crippen molar-refractivity contribution in [2.24, 2.45) is 0 Å². The Kier molecular flexibility index (Phi) is 6.42. The molecule has 0 amide bonds. The summed E-state index contributed by atoms with van der Waals surface area (Å²) >= 11 is 1.55. The van der Waals surface area contributed by atoms with Crippen LogP contribution in [0.15, 0.2) is 61.1 Å². The predicted octanol–water partition coefficient (Wildman–Crippen LogP) is 5.36. The zero-order chi connectivity index (χ0) is 22.6. The number of hydrogen-bond acceptors (Lipinski definition) is 7. The van der Waals surface area contributed by atoms with E-state index in [2.05, 4.69) is 30.6 Å². The molecular weight excluding hydrogens is 437 g/mol. The largest absolute Gasteiger partial charge is 0.433 e. The molecular formula is C22H19F3N6S. The van der Waals surface area contributed by atoms with Gasteiger partial charge in [0, 0.05) is 37.4 Å². The van der Waals surface area contributed by atoms with Gasteiger partial charge in [0.05, 0.1) is 10.6 Å². The summed E-state index contributed by atoms with van der Waals surface area (Å²) < 4.78 is 38.7. The summed E-state index contributed by atoms with van der Waals surface area (Å²) in [5.41, 5.74) is 2.42. The van der Waals surface area contributed by atoms with E-state index in [0.29, 0.717) is 18.8 Å². The van der Waals surface area contributed by atoms with Gasteiger partial charge >= 0.3 is 6.18 Å². The topological polar surface area (TPSA) is 75.6 Å². The molecule has 4 aromatic rings. The molecule has 0 aliphatic carbocycles. The molecule has 0 aliphatic rings. The van der Waals surface area contributed by atoms with Crippen molar-refractivity contribution in [2.75, 3.05) is 5.32 Å². The molecule has 10 heteroatoms. The molecule has 3 heterocycles. The van der Waals surface area contributed by atoms with Gasteiger partial charge in [-0.2, -0.15) is 13.2 Å². The zero-order valence-corrected chi connectivity index (χ0v) is 17.8. The highest BCUT2D eigenvalue weighted by atomic mass is 32.1. The maximum Gasteiger partial charge on any atom is 0.433 e. The van der Waals surface area contributed by atoms with Gasteiger partial charge < -0.3 is 10.6 Å². The normalized spacial score (nSPS) is 11.5. The molecule has 0 atom stereocenters. The van der Waals surface area contributed by atoms with Gasteiger partial charge in [0.1, 0.15) is 10.7 Å². The number of rotatable bonds is 7. The Hall–Kier alpha value is -3.37.